The monoisotopic (exact) mass is 396 g/mol. The maximum absolute atomic E-state index is 12.7. The number of thiophene rings is 1. The molecule has 0 spiro atoms. The van der Waals surface area contributed by atoms with E-state index in [0.717, 1.165) is 6.42 Å². The van der Waals surface area contributed by atoms with Gasteiger partial charge in [-0.25, -0.2) is 0 Å². The van der Waals surface area contributed by atoms with Gasteiger partial charge in [-0.05, 0) is 30.0 Å². The number of aromatic amines is 1. The largest absolute Gasteiger partial charge is 0.463 e. The summed E-state index contributed by atoms with van der Waals surface area (Å²) in [6.07, 6.45) is 2.53. The Bertz CT molecular complexity index is 971. The molecular weight excluding hydrogens is 376 g/mol. The first kappa shape index (κ1) is 17.2. The van der Waals surface area contributed by atoms with Crippen LogP contribution in [0.4, 0.5) is 0 Å². The Balaban J connectivity index is 1.17. The number of aromatic nitrogens is 2. The summed E-state index contributed by atoms with van der Waals surface area (Å²) >= 11 is 1.72. The first-order chi connectivity index (χ1) is 13.7. The molecule has 2 atom stereocenters. The molecule has 8 heteroatoms. The van der Waals surface area contributed by atoms with Crippen molar-refractivity contribution in [3.05, 3.63) is 52.5 Å². The third-order valence-corrected chi connectivity index (χ3v) is 6.48. The molecule has 1 saturated carbocycles. The summed E-state index contributed by atoms with van der Waals surface area (Å²) in [6, 6.07) is 9.45. The number of furan rings is 1. The number of nitrogens with zero attached hydrogens (tertiary/aromatic N) is 3. The van der Waals surface area contributed by atoms with Crippen molar-refractivity contribution in [1.29, 1.82) is 0 Å². The van der Waals surface area contributed by atoms with E-state index in [9.17, 15) is 9.59 Å². The molecule has 5 rings (SSSR count). The van der Waals surface area contributed by atoms with Crippen LogP contribution in [-0.2, 0) is 4.79 Å². The van der Waals surface area contributed by atoms with Crippen LogP contribution in [0, 0.1) is 5.92 Å². The van der Waals surface area contributed by atoms with Crippen molar-refractivity contribution >= 4 is 23.2 Å². The standard InChI is InChI=1S/C20H20N4O3S/c25-19(14-11-13(14)18-4-2-10-28-18)23-5-7-24(8-6-23)20(26)16-12-15(21-22-16)17-3-1-9-27-17/h1-4,9-10,12-14H,5-8,11H2,(H,21,22)/t13-,14-/m1/s1. The topological polar surface area (TPSA) is 82.4 Å². The number of piperazine rings is 1. The second-order valence-electron chi connectivity index (χ2n) is 7.23. The van der Waals surface area contributed by atoms with Crippen LogP contribution in [0.3, 0.4) is 0 Å². The third kappa shape index (κ3) is 3.13. The number of H-pyrrole nitrogens is 1. The maximum atomic E-state index is 12.7. The molecule has 1 aliphatic heterocycles. The van der Waals surface area contributed by atoms with Crippen molar-refractivity contribution in [1.82, 2.24) is 20.0 Å². The van der Waals surface area contributed by atoms with Crippen molar-refractivity contribution < 1.29 is 14.0 Å². The second-order valence-corrected chi connectivity index (χ2v) is 8.21. The van der Waals surface area contributed by atoms with E-state index in [1.54, 1.807) is 34.6 Å². The van der Waals surface area contributed by atoms with Crippen LogP contribution >= 0.6 is 11.3 Å². The number of rotatable bonds is 4. The average molecular weight is 396 g/mol. The fraction of sp³-hybridized carbons (Fsp3) is 0.350. The van der Waals surface area contributed by atoms with Crippen molar-refractivity contribution in [3.63, 3.8) is 0 Å². The summed E-state index contributed by atoms with van der Waals surface area (Å²) in [6.45, 7) is 2.22. The van der Waals surface area contributed by atoms with Gasteiger partial charge < -0.3 is 14.2 Å². The maximum Gasteiger partial charge on any atom is 0.274 e. The van der Waals surface area contributed by atoms with Crippen molar-refractivity contribution in [2.24, 2.45) is 5.92 Å². The minimum Gasteiger partial charge on any atom is -0.463 e. The van der Waals surface area contributed by atoms with E-state index in [-0.39, 0.29) is 17.7 Å². The summed E-state index contributed by atoms with van der Waals surface area (Å²) in [5, 5.41) is 9.03. The molecule has 1 saturated heterocycles. The predicted molar refractivity (Wildman–Crippen MR) is 104 cm³/mol. The predicted octanol–water partition coefficient (Wildman–Crippen LogP) is 2.82. The first-order valence-corrected chi connectivity index (χ1v) is 10.3. The van der Waals surface area contributed by atoms with Crippen LogP contribution in [0.5, 0.6) is 0 Å². The Morgan fingerprint density at radius 2 is 1.96 bits per heavy atom. The molecule has 0 radical (unpaired) electrons. The quantitative estimate of drug-likeness (QED) is 0.735. The van der Waals surface area contributed by atoms with E-state index >= 15 is 0 Å². The minimum absolute atomic E-state index is 0.114. The van der Waals surface area contributed by atoms with Gasteiger partial charge in [0.1, 0.15) is 5.69 Å². The highest BCUT2D eigenvalue weighted by Crippen LogP contribution is 2.50. The van der Waals surface area contributed by atoms with Crippen LogP contribution in [-0.4, -0.2) is 58.0 Å². The molecule has 3 aromatic rings. The van der Waals surface area contributed by atoms with E-state index in [1.807, 2.05) is 17.0 Å². The summed E-state index contributed by atoms with van der Waals surface area (Å²) in [4.78, 5) is 30.4. The zero-order valence-electron chi connectivity index (χ0n) is 15.2. The Morgan fingerprint density at radius 1 is 1.14 bits per heavy atom. The smallest absolute Gasteiger partial charge is 0.274 e. The van der Waals surface area contributed by atoms with Gasteiger partial charge in [-0.3, -0.25) is 14.7 Å². The van der Waals surface area contributed by atoms with Gasteiger partial charge >= 0.3 is 0 Å². The average Bonchev–Trinajstić information content (AvgIpc) is 3.21. The number of nitrogens with one attached hydrogen (secondary N) is 1. The number of carbonyl (C=O) groups is 2. The zero-order valence-corrected chi connectivity index (χ0v) is 16.0. The van der Waals surface area contributed by atoms with Crippen molar-refractivity contribution in [2.75, 3.05) is 26.2 Å². The molecular formula is C20H20N4O3S. The van der Waals surface area contributed by atoms with Gasteiger partial charge in [0.05, 0.1) is 6.26 Å². The van der Waals surface area contributed by atoms with Gasteiger partial charge in [0, 0.05) is 49.0 Å². The first-order valence-electron chi connectivity index (χ1n) is 9.41. The van der Waals surface area contributed by atoms with Crippen molar-refractivity contribution in [3.8, 4) is 11.5 Å². The summed E-state index contributed by atoms with van der Waals surface area (Å²) in [7, 11) is 0. The van der Waals surface area contributed by atoms with Gasteiger partial charge in [0.25, 0.3) is 5.91 Å². The molecule has 3 aromatic heterocycles. The van der Waals surface area contributed by atoms with Gasteiger partial charge in [-0.1, -0.05) is 6.07 Å². The van der Waals surface area contributed by atoms with Crippen molar-refractivity contribution in [2.45, 2.75) is 12.3 Å². The van der Waals surface area contributed by atoms with E-state index in [1.165, 1.54) is 4.88 Å². The second kappa shape index (κ2) is 6.94. The normalized spacial score (nSPS) is 21.7. The third-order valence-electron chi connectivity index (χ3n) is 5.48. The van der Waals surface area contributed by atoms with Crippen LogP contribution < -0.4 is 0 Å². The Morgan fingerprint density at radius 3 is 2.68 bits per heavy atom. The molecule has 1 aliphatic carbocycles. The lowest BCUT2D eigenvalue weighted by Gasteiger charge is -2.34. The fourth-order valence-electron chi connectivity index (χ4n) is 3.80. The lowest BCUT2D eigenvalue weighted by molar-refractivity contribution is -0.134. The van der Waals surface area contributed by atoms with Gasteiger partial charge in [0.15, 0.2) is 11.5 Å². The highest BCUT2D eigenvalue weighted by Gasteiger charge is 2.46. The lowest BCUT2D eigenvalue weighted by Crippen LogP contribution is -2.51. The molecule has 1 N–H and O–H groups in total. The summed E-state index contributed by atoms with van der Waals surface area (Å²) in [5.41, 5.74) is 1.04. The fourth-order valence-corrected chi connectivity index (χ4v) is 4.71. The highest BCUT2D eigenvalue weighted by molar-refractivity contribution is 7.10. The molecule has 0 aromatic carbocycles. The highest BCUT2D eigenvalue weighted by atomic mass is 32.1. The van der Waals surface area contributed by atoms with Gasteiger partial charge in [0.2, 0.25) is 5.91 Å². The lowest BCUT2D eigenvalue weighted by atomic mass is 10.2. The van der Waals surface area contributed by atoms with Crippen LogP contribution in [0.2, 0.25) is 0 Å². The molecule has 4 heterocycles. The SMILES string of the molecule is O=C(c1cc(-c2ccco2)[nH]n1)N1CCN(C(=O)[C@@H]2C[C@H]2c2cccs2)CC1. The number of amides is 2. The van der Waals surface area contributed by atoms with Crippen LogP contribution in [0.1, 0.15) is 27.7 Å². The number of hydrogen-bond donors (Lipinski definition) is 1. The van der Waals surface area contributed by atoms with E-state index in [0.29, 0.717) is 49.2 Å². The molecule has 28 heavy (non-hydrogen) atoms. The van der Waals surface area contributed by atoms with E-state index in [2.05, 4.69) is 21.6 Å². The summed E-state index contributed by atoms with van der Waals surface area (Å²) < 4.78 is 5.32. The van der Waals surface area contributed by atoms with Gasteiger partial charge in [-0.15, -0.1) is 11.3 Å². The molecule has 2 fully saturated rings. The molecule has 2 aliphatic rings. The number of carbonyl (C=O) groups excluding carboxylic acids is 2. The zero-order chi connectivity index (χ0) is 19.1. The molecule has 0 unspecified atom stereocenters. The van der Waals surface area contributed by atoms with E-state index < -0.39 is 0 Å². The van der Waals surface area contributed by atoms with Gasteiger partial charge in [-0.2, -0.15) is 5.10 Å². The Kier molecular flexibility index (Phi) is 4.27. The molecule has 2 amide bonds. The molecule has 0 bridgehead atoms. The molecule has 7 nitrogen and oxygen atoms in total. The number of hydrogen-bond acceptors (Lipinski definition) is 5. The summed E-state index contributed by atoms with van der Waals surface area (Å²) in [5.74, 6) is 1.25. The minimum atomic E-state index is -0.121. The van der Waals surface area contributed by atoms with Crippen LogP contribution in [0.15, 0.2) is 46.4 Å². The molecule has 144 valence electrons. The Hall–Kier alpha value is -2.87. The van der Waals surface area contributed by atoms with Crippen LogP contribution in [0.25, 0.3) is 11.5 Å². The van der Waals surface area contributed by atoms with E-state index in [4.69, 9.17) is 4.42 Å². The Labute approximate surface area is 165 Å².